The van der Waals surface area contributed by atoms with Gasteiger partial charge in [0.05, 0.1) is 19.8 Å². The van der Waals surface area contributed by atoms with E-state index in [9.17, 15) is 0 Å². The summed E-state index contributed by atoms with van der Waals surface area (Å²) < 4.78 is 23.4. The smallest absolute Gasteiger partial charge is 0.237 e. The van der Waals surface area contributed by atoms with Gasteiger partial charge >= 0.3 is 0 Å². The first-order valence-corrected chi connectivity index (χ1v) is 8.33. The van der Waals surface area contributed by atoms with E-state index in [1.807, 2.05) is 42.5 Å². The maximum atomic E-state index is 6.31. The number of ether oxygens (including phenoxy) is 4. The molecule has 3 unspecified atom stereocenters. The van der Waals surface area contributed by atoms with Gasteiger partial charge in [0.2, 0.25) is 5.79 Å². The molecule has 0 spiro atoms. The van der Waals surface area contributed by atoms with E-state index in [1.54, 1.807) is 14.2 Å². The van der Waals surface area contributed by atoms with Crippen molar-refractivity contribution in [1.82, 2.24) is 5.32 Å². The van der Waals surface area contributed by atoms with E-state index in [2.05, 4.69) is 11.4 Å². The van der Waals surface area contributed by atoms with Crippen molar-refractivity contribution in [3.05, 3.63) is 48.6 Å². The predicted octanol–water partition coefficient (Wildman–Crippen LogP) is 2.54. The van der Waals surface area contributed by atoms with Crippen LogP contribution in [-0.2, 0) is 9.47 Å². The van der Waals surface area contributed by atoms with Crippen molar-refractivity contribution in [3.8, 4) is 11.5 Å². The van der Waals surface area contributed by atoms with Crippen LogP contribution in [0.25, 0.3) is 0 Å². The Balaban J connectivity index is 1.81. The summed E-state index contributed by atoms with van der Waals surface area (Å²) in [5.41, 5.74) is 0. The fourth-order valence-electron chi connectivity index (χ4n) is 3.19. The van der Waals surface area contributed by atoms with Crippen molar-refractivity contribution in [2.24, 2.45) is 5.92 Å². The SMILES string of the molecule is COc1ccccc1OC1(OC)C=CC=CC1CC1CNCCO1. The molecule has 5 nitrogen and oxygen atoms in total. The molecule has 0 radical (unpaired) electrons. The summed E-state index contributed by atoms with van der Waals surface area (Å²) in [5.74, 6) is 0.521. The second-order valence-corrected chi connectivity index (χ2v) is 5.96. The molecule has 1 aromatic rings. The van der Waals surface area contributed by atoms with Gasteiger partial charge in [-0.15, -0.1) is 0 Å². The van der Waals surface area contributed by atoms with E-state index in [1.165, 1.54) is 0 Å². The van der Waals surface area contributed by atoms with Crippen molar-refractivity contribution < 1.29 is 18.9 Å². The van der Waals surface area contributed by atoms with Crippen LogP contribution in [0.1, 0.15) is 6.42 Å². The summed E-state index contributed by atoms with van der Waals surface area (Å²) in [7, 11) is 3.31. The average Bonchev–Trinajstić information content (AvgIpc) is 2.64. The first-order chi connectivity index (χ1) is 11.8. The molecule has 0 bridgehead atoms. The third-order valence-electron chi connectivity index (χ3n) is 4.48. The van der Waals surface area contributed by atoms with Crippen molar-refractivity contribution >= 4 is 0 Å². The lowest BCUT2D eigenvalue weighted by Gasteiger charge is -2.39. The molecule has 24 heavy (non-hydrogen) atoms. The fourth-order valence-corrected chi connectivity index (χ4v) is 3.19. The Morgan fingerprint density at radius 1 is 1.21 bits per heavy atom. The van der Waals surface area contributed by atoms with Crippen molar-refractivity contribution in [2.45, 2.75) is 18.3 Å². The number of hydrogen-bond donors (Lipinski definition) is 1. The Morgan fingerprint density at radius 2 is 2.04 bits per heavy atom. The van der Waals surface area contributed by atoms with Crippen molar-refractivity contribution in [2.75, 3.05) is 33.9 Å². The summed E-state index contributed by atoms with van der Waals surface area (Å²) in [6.07, 6.45) is 9.03. The Hall–Kier alpha value is -1.82. The summed E-state index contributed by atoms with van der Waals surface area (Å²) in [4.78, 5) is 0. The van der Waals surface area contributed by atoms with Crippen LogP contribution < -0.4 is 14.8 Å². The van der Waals surface area contributed by atoms with Gasteiger partial charge in [0, 0.05) is 26.1 Å². The lowest BCUT2D eigenvalue weighted by Crippen LogP contribution is -2.48. The van der Waals surface area contributed by atoms with Crippen molar-refractivity contribution in [1.29, 1.82) is 0 Å². The lowest BCUT2D eigenvalue weighted by molar-refractivity contribution is -0.162. The van der Waals surface area contributed by atoms with Gasteiger partial charge in [-0.05, 0) is 24.6 Å². The summed E-state index contributed by atoms with van der Waals surface area (Å²) in [5, 5.41) is 3.37. The topological polar surface area (TPSA) is 49.0 Å². The van der Waals surface area contributed by atoms with E-state index in [0.29, 0.717) is 11.5 Å². The molecule has 0 amide bonds. The van der Waals surface area contributed by atoms with E-state index in [0.717, 1.165) is 26.1 Å². The van der Waals surface area contributed by atoms with E-state index >= 15 is 0 Å². The molecule has 3 rings (SSSR count). The highest BCUT2D eigenvalue weighted by atomic mass is 16.7. The predicted molar refractivity (Wildman–Crippen MR) is 92.4 cm³/mol. The second kappa shape index (κ2) is 7.83. The van der Waals surface area contributed by atoms with Gasteiger partial charge in [-0.3, -0.25) is 0 Å². The zero-order valence-corrected chi connectivity index (χ0v) is 14.2. The third-order valence-corrected chi connectivity index (χ3v) is 4.48. The first-order valence-electron chi connectivity index (χ1n) is 8.33. The molecule has 1 saturated heterocycles. The van der Waals surface area contributed by atoms with Gasteiger partial charge in [-0.25, -0.2) is 0 Å². The van der Waals surface area contributed by atoms with Crippen molar-refractivity contribution in [3.63, 3.8) is 0 Å². The summed E-state index contributed by atoms with van der Waals surface area (Å²) >= 11 is 0. The van der Waals surface area contributed by atoms with E-state index in [-0.39, 0.29) is 12.0 Å². The Labute approximate surface area is 143 Å². The number of morpholine rings is 1. The van der Waals surface area contributed by atoms with Crippen LogP contribution in [-0.4, -0.2) is 45.8 Å². The van der Waals surface area contributed by atoms with Crippen LogP contribution in [0, 0.1) is 5.92 Å². The van der Waals surface area contributed by atoms with Gasteiger partial charge in [-0.1, -0.05) is 30.4 Å². The molecule has 2 aliphatic rings. The maximum Gasteiger partial charge on any atom is 0.237 e. The molecule has 0 aromatic heterocycles. The van der Waals surface area contributed by atoms with E-state index in [4.69, 9.17) is 18.9 Å². The van der Waals surface area contributed by atoms with E-state index < -0.39 is 5.79 Å². The van der Waals surface area contributed by atoms with Gasteiger partial charge in [-0.2, -0.15) is 0 Å². The summed E-state index contributed by atoms with van der Waals surface area (Å²) in [6, 6.07) is 7.61. The average molecular weight is 331 g/mol. The zero-order chi connectivity index (χ0) is 16.8. The van der Waals surface area contributed by atoms with Crippen LogP contribution in [0.4, 0.5) is 0 Å². The summed E-state index contributed by atoms with van der Waals surface area (Å²) in [6.45, 7) is 2.50. The van der Waals surface area contributed by atoms with Gasteiger partial charge < -0.3 is 24.3 Å². The lowest BCUT2D eigenvalue weighted by atomic mass is 9.88. The minimum atomic E-state index is -0.871. The minimum Gasteiger partial charge on any atom is -0.493 e. The highest BCUT2D eigenvalue weighted by Gasteiger charge is 2.41. The zero-order valence-electron chi connectivity index (χ0n) is 14.2. The molecular weight excluding hydrogens is 306 g/mol. The highest BCUT2D eigenvalue weighted by molar-refractivity contribution is 5.40. The molecular formula is C19H25NO4. The molecule has 1 N–H and O–H groups in total. The Kier molecular flexibility index (Phi) is 5.56. The van der Waals surface area contributed by atoms with Crippen LogP contribution in [0.2, 0.25) is 0 Å². The van der Waals surface area contributed by atoms with Gasteiger partial charge in [0.15, 0.2) is 11.5 Å². The van der Waals surface area contributed by atoms with Crippen LogP contribution in [0.5, 0.6) is 11.5 Å². The minimum absolute atomic E-state index is 0.0438. The number of para-hydroxylation sites is 2. The van der Waals surface area contributed by atoms with Gasteiger partial charge in [0.1, 0.15) is 0 Å². The largest absolute Gasteiger partial charge is 0.493 e. The molecule has 3 atom stereocenters. The number of methoxy groups -OCH3 is 2. The molecule has 1 heterocycles. The quantitative estimate of drug-likeness (QED) is 0.812. The number of hydrogen-bond acceptors (Lipinski definition) is 5. The van der Waals surface area contributed by atoms with Crippen LogP contribution in [0.3, 0.4) is 0 Å². The molecule has 0 saturated carbocycles. The molecule has 1 aromatic carbocycles. The normalized spacial score (nSPS) is 29.4. The van der Waals surface area contributed by atoms with Gasteiger partial charge in [0.25, 0.3) is 0 Å². The maximum absolute atomic E-state index is 6.31. The second-order valence-electron chi connectivity index (χ2n) is 5.96. The molecule has 5 heteroatoms. The number of rotatable bonds is 6. The fraction of sp³-hybridized carbons (Fsp3) is 0.474. The number of nitrogens with one attached hydrogen (secondary N) is 1. The number of allylic oxidation sites excluding steroid dienone is 2. The first kappa shape index (κ1) is 17.0. The number of benzene rings is 1. The Bertz CT molecular complexity index is 595. The standard InChI is InChI=1S/C19H25NO4/c1-21-17-8-3-4-9-18(17)24-19(22-2)10-6-5-7-15(19)13-16-14-20-11-12-23-16/h3-10,15-16,20H,11-14H2,1-2H3. The highest BCUT2D eigenvalue weighted by Crippen LogP contribution is 2.38. The molecule has 130 valence electrons. The monoisotopic (exact) mass is 331 g/mol. The molecule has 1 aliphatic heterocycles. The third kappa shape index (κ3) is 3.64. The van der Waals surface area contributed by atoms with Crippen LogP contribution >= 0.6 is 0 Å². The molecule has 1 aliphatic carbocycles. The van der Waals surface area contributed by atoms with Crippen LogP contribution in [0.15, 0.2) is 48.6 Å². The molecule has 1 fully saturated rings. The Morgan fingerprint density at radius 3 is 2.75 bits per heavy atom.